The molecule has 1 heterocycles. The number of alkyl carbamates (subject to hydrolysis) is 1. The van der Waals surface area contributed by atoms with Crippen LogP contribution in [0.3, 0.4) is 0 Å². The summed E-state index contributed by atoms with van der Waals surface area (Å²) in [5.74, 6) is -0.128. The summed E-state index contributed by atoms with van der Waals surface area (Å²) in [6.45, 7) is 1.41. The quantitative estimate of drug-likeness (QED) is 0.861. The minimum atomic E-state index is -0.450. The number of ether oxygens (including phenoxy) is 2. The largest absolute Gasteiger partial charge is 0.446 e. The van der Waals surface area contributed by atoms with Crippen molar-refractivity contribution in [1.29, 1.82) is 0 Å². The highest BCUT2D eigenvalue weighted by Crippen LogP contribution is 2.17. The molecule has 5 nitrogen and oxygen atoms in total. The van der Waals surface area contributed by atoms with E-state index < -0.39 is 6.09 Å². The van der Waals surface area contributed by atoms with Crippen molar-refractivity contribution in [3.05, 3.63) is 35.9 Å². The molecule has 0 aromatic heterocycles. The van der Waals surface area contributed by atoms with E-state index in [1.54, 1.807) is 0 Å². The molecule has 1 fully saturated rings. The van der Waals surface area contributed by atoms with Crippen LogP contribution in [0.1, 0.15) is 12.0 Å². The Bertz CT molecular complexity index is 396. The van der Waals surface area contributed by atoms with Crippen LogP contribution in [0.2, 0.25) is 0 Å². The van der Waals surface area contributed by atoms with Gasteiger partial charge in [-0.3, -0.25) is 0 Å². The molecule has 0 spiro atoms. The van der Waals surface area contributed by atoms with Gasteiger partial charge in [0.05, 0.1) is 19.8 Å². The lowest BCUT2D eigenvalue weighted by Gasteiger charge is -2.29. The van der Waals surface area contributed by atoms with E-state index in [9.17, 15) is 9.90 Å². The molecule has 19 heavy (non-hydrogen) atoms. The van der Waals surface area contributed by atoms with Gasteiger partial charge >= 0.3 is 6.09 Å². The Morgan fingerprint density at radius 3 is 2.95 bits per heavy atom. The van der Waals surface area contributed by atoms with E-state index in [1.807, 2.05) is 30.3 Å². The zero-order valence-corrected chi connectivity index (χ0v) is 10.7. The summed E-state index contributed by atoms with van der Waals surface area (Å²) in [5, 5.41) is 11.9. The number of rotatable bonds is 4. The highest BCUT2D eigenvalue weighted by atomic mass is 16.6. The van der Waals surface area contributed by atoms with Gasteiger partial charge in [-0.15, -0.1) is 0 Å². The number of hydrogen-bond acceptors (Lipinski definition) is 4. The van der Waals surface area contributed by atoms with Crippen molar-refractivity contribution in [2.24, 2.45) is 5.92 Å². The predicted octanol–water partition coefficient (Wildman–Crippen LogP) is 1.31. The lowest BCUT2D eigenvalue weighted by atomic mass is 10.00. The van der Waals surface area contributed by atoms with Crippen LogP contribution in [0.5, 0.6) is 0 Å². The number of aliphatic hydroxyl groups excluding tert-OH is 1. The van der Waals surface area contributed by atoms with Crippen molar-refractivity contribution in [3.63, 3.8) is 0 Å². The van der Waals surface area contributed by atoms with Crippen LogP contribution in [0, 0.1) is 5.92 Å². The first-order valence-electron chi connectivity index (χ1n) is 6.46. The Balaban J connectivity index is 1.77. The van der Waals surface area contributed by atoms with Gasteiger partial charge in [0.15, 0.2) is 0 Å². The Kier molecular flexibility index (Phi) is 5.18. The Morgan fingerprint density at radius 1 is 1.42 bits per heavy atom. The number of carbonyl (C=O) groups excluding carboxylic acids is 1. The van der Waals surface area contributed by atoms with Crippen LogP contribution in [-0.4, -0.2) is 37.1 Å². The van der Waals surface area contributed by atoms with Crippen molar-refractivity contribution < 1.29 is 19.4 Å². The molecular weight excluding hydrogens is 246 g/mol. The van der Waals surface area contributed by atoms with Crippen molar-refractivity contribution in [1.82, 2.24) is 5.32 Å². The van der Waals surface area contributed by atoms with Crippen LogP contribution in [-0.2, 0) is 16.0 Å². The Hall–Kier alpha value is -1.59. The van der Waals surface area contributed by atoms with Gasteiger partial charge in [0.1, 0.15) is 6.10 Å². The average molecular weight is 265 g/mol. The SMILES string of the molecule is O=C(NCc1ccccc1)OC1CCOCC1CO. The molecule has 2 rings (SSSR count). The number of aliphatic hydroxyl groups is 1. The standard InChI is InChI=1S/C14H19NO4/c16-9-12-10-18-7-6-13(12)19-14(17)15-8-11-4-2-1-3-5-11/h1-5,12-13,16H,6-10H2,(H,15,17). The molecule has 1 aromatic rings. The topological polar surface area (TPSA) is 67.8 Å². The third-order valence-corrected chi connectivity index (χ3v) is 3.18. The number of nitrogens with one attached hydrogen (secondary N) is 1. The van der Waals surface area contributed by atoms with Crippen molar-refractivity contribution in [2.45, 2.75) is 19.1 Å². The van der Waals surface area contributed by atoms with E-state index in [2.05, 4.69) is 5.32 Å². The van der Waals surface area contributed by atoms with Gasteiger partial charge in [-0.1, -0.05) is 30.3 Å². The second-order valence-electron chi connectivity index (χ2n) is 4.59. The minimum absolute atomic E-state index is 0.0311. The second-order valence-corrected chi connectivity index (χ2v) is 4.59. The summed E-state index contributed by atoms with van der Waals surface area (Å²) in [6, 6.07) is 9.64. The number of benzene rings is 1. The third-order valence-electron chi connectivity index (χ3n) is 3.18. The summed E-state index contributed by atoms with van der Waals surface area (Å²) in [7, 11) is 0. The molecule has 104 valence electrons. The third kappa shape index (κ3) is 4.22. The van der Waals surface area contributed by atoms with E-state index in [-0.39, 0.29) is 18.6 Å². The lowest BCUT2D eigenvalue weighted by Crippen LogP contribution is -2.40. The van der Waals surface area contributed by atoms with Crippen LogP contribution in [0.25, 0.3) is 0 Å². The van der Waals surface area contributed by atoms with Gasteiger partial charge in [-0.2, -0.15) is 0 Å². The average Bonchev–Trinajstić information content (AvgIpc) is 2.47. The molecule has 1 aromatic carbocycles. The molecule has 2 unspecified atom stereocenters. The molecule has 2 N–H and O–H groups in total. The maximum Gasteiger partial charge on any atom is 0.407 e. The number of hydrogen-bond donors (Lipinski definition) is 2. The molecule has 1 saturated heterocycles. The minimum Gasteiger partial charge on any atom is -0.446 e. The summed E-state index contributed by atoms with van der Waals surface area (Å²) in [4.78, 5) is 11.7. The summed E-state index contributed by atoms with van der Waals surface area (Å²) < 4.78 is 10.6. The first-order valence-corrected chi connectivity index (χ1v) is 6.46. The molecule has 1 aliphatic heterocycles. The van der Waals surface area contributed by atoms with Crippen LogP contribution >= 0.6 is 0 Å². The van der Waals surface area contributed by atoms with Crippen LogP contribution in [0.4, 0.5) is 4.79 Å². The summed E-state index contributed by atoms with van der Waals surface area (Å²) in [6.07, 6.45) is -0.0898. The first kappa shape index (κ1) is 13.8. The maximum atomic E-state index is 11.7. The lowest BCUT2D eigenvalue weighted by molar-refractivity contribution is -0.0593. The van der Waals surface area contributed by atoms with Crippen molar-refractivity contribution in [3.8, 4) is 0 Å². The molecule has 1 amide bonds. The zero-order valence-electron chi connectivity index (χ0n) is 10.7. The van der Waals surface area contributed by atoms with Gasteiger partial charge in [0.25, 0.3) is 0 Å². The van der Waals surface area contributed by atoms with Crippen LogP contribution in [0.15, 0.2) is 30.3 Å². The molecule has 1 aliphatic rings. The molecule has 0 radical (unpaired) electrons. The summed E-state index contributed by atoms with van der Waals surface area (Å²) in [5.41, 5.74) is 1.02. The van der Waals surface area contributed by atoms with Gasteiger partial charge < -0.3 is 19.9 Å². The van der Waals surface area contributed by atoms with E-state index in [0.29, 0.717) is 26.2 Å². The van der Waals surface area contributed by atoms with Crippen LogP contribution < -0.4 is 5.32 Å². The van der Waals surface area contributed by atoms with E-state index in [1.165, 1.54) is 0 Å². The van der Waals surface area contributed by atoms with E-state index >= 15 is 0 Å². The molecule has 5 heteroatoms. The fraction of sp³-hybridized carbons (Fsp3) is 0.500. The molecule has 0 saturated carbocycles. The van der Waals surface area contributed by atoms with Crippen molar-refractivity contribution in [2.75, 3.05) is 19.8 Å². The van der Waals surface area contributed by atoms with Crippen molar-refractivity contribution >= 4 is 6.09 Å². The Labute approximate surface area is 112 Å². The van der Waals surface area contributed by atoms with Gasteiger partial charge in [0.2, 0.25) is 0 Å². The fourth-order valence-corrected chi connectivity index (χ4v) is 2.05. The fourth-order valence-electron chi connectivity index (χ4n) is 2.05. The van der Waals surface area contributed by atoms with Gasteiger partial charge in [0, 0.05) is 18.9 Å². The number of carbonyl (C=O) groups is 1. The zero-order chi connectivity index (χ0) is 13.5. The molecule has 0 aliphatic carbocycles. The summed E-state index contributed by atoms with van der Waals surface area (Å²) >= 11 is 0. The smallest absolute Gasteiger partial charge is 0.407 e. The molecular formula is C14H19NO4. The predicted molar refractivity (Wildman–Crippen MR) is 69.6 cm³/mol. The normalized spacial score (nSPS) is 22.8. The van der Waals surface area contributed by atoms with E-state index in [4.69, 9.17) is 9.47 Å². The molecule has 0 bridgehead atoms. The highest BCUT2D eigenvalue weighted by Gasteiger charge is 2.28. The highest BCUT2D eigenvalue weighted by molar-refractivity contribution is 5.67. The monoisotopic (exact) mass is 265 g/mol. The number of amides is 1. The van der Waals surface area contributed by atoms with E-state index in [0.717, 1.165) is 5.56 Å². The molecule has 2 atom stereocenters. The van der Waals surface area contributed by atoms with Gasteiger partial charge in [-0.25, -0.2) is 4.79 Å². The second kappa shape index (κ2) is 7.11. The maximum absolute atomic E-state index is 11.7. The Morgan fingerprint density at radius 2 is 2.21 bits per heavy atom. The van der Waals surface area contributed by atoms with Gasteiger partial charge in [-0.05, 0) is 5.56 Å². The first-order chi connectivity index (χ1) is 9.29.